The van der Waals surface area contributed by atoms with Crippen LogP contribution in [0.2, 0.25) is 0 Å². The van der Waals surface area contributed by atoms with Gasteiger partial charge in [0.2, 0.25) is 0 Å². The van der Waals surface area contributed by atoms with E-state index in [1.165, 1.54) is 36.0 Å². The molecule has 6 rings (SSSR count). The summed E-state index contributed by atoms with van der Waals surface area (Å²) in [5, 5.41) is 6.04. The highest BCUT2D eigenvalue weighted by Gasteiger charge is 2.19. The Balaban J connectivity index is 1.38. The van der Waals surface area contributed by atoms with Gasteiger partial charge >= 0.3 is 0 Å². The monoisotopic (exact) mass is 556 g/mol. The van der Waals surface area contributed by atoms with Crippen molar-refractivity contribution in [2.45, 2.75) is 25.0 Å². The van der Waals surface area contributed by atoms with Crippen LogP contribution < -0.4 is 9.47 Å². The number of para-hydroxylation sites is 2. The van der Waals surface area contributed by atoms with Crippen LogP contribution in [-0.2, 0) is 13.0 Å². The Hall–Kier alpha value is -4.51. The summed E-state index contributed by atoms with van der Waals surface area (Å²) in [5.41, 5.74) is 3.67. The van der Waals surface area contributed by atoms with E-state index in [-0.39, 0.29) is 17.4 Å². The molecule has 0 aliphatic carbocycles. The summed E-state index contributed by atoms with van der Waals surface area (Å²) in [7, 11) is 3.14. The molecule has 3 aromatic carbocycles. The third-order valence-corrected chi connectivity index (χ3v) is 7.62. The van der Waals surface area contributed by atoms with E-state index in [0.717, 1.165) is 22.2 Å². The van der Waals surface area contributed by atoms with Crippen molar-refractivity contribution >= 4 is 45.1 Å². The first-order chi connectivity index (χ1) is 19.4. The van der Waals surface area contributed by atoms with E-state index in [1.54, 1.807) is 24.8 Å². The smallest absolute Gasteiger partial charge is 0.192 e. The van der Waals surface area contributed by atoms with E-state index in [0.29, 0.717) is 52.2 Å². The van der Waals surface area contributed by atoms with Crippen LogP contribution >= 0.6 is 11.8 Å². The lowest BCUT2D eigenvalue weighted by Gasteiger charge is -2.11. The Morgan fingerprint density at radius 3 is 2.48 bits per heavy atom. The molecule has 0 spiro atoms. The summed E-state index contributed by atoms with van der Waals surface area (Å²) in [6.07, 6.45) is 0.566. The summed E-state index contributed by atoms with van der Waals surface area (Å²) < 4.78 is 28.2. The summed E-state index contributed by atoms with van der Waals surface area (Å²) >= 11 is 1.25. The number of carbonyl (C=O) groups excluding carboxylic acids is 1. The average molecular weight is 557 g/mol. The number of ether oxygens (including phenoxy) is 2. The molecular weight excluding hydrogens is 531 g/mol. The van der Waals surface area contributed by atoms with Crippen molar-refractivity contribution in [3.63, 3.8) is 0 Å². The van der Waals surface area contributed by atoms with Gasteiger partial charge in [0.25, 0.3) is 0 Å². The Labute approximate surface area is 233 Å². The van der Waals surface area contributed by atoms with Crippen LogP contribution in [-0.4, -0.2) is 54.9 Å². The van der Waals surface area contributed by atoms with Crippen molar-refractivity contribution < 1.29 is 18.7 Å². The van der Waals surface area contributed by atoms with E-state index >= 15 is 0 Å². The molecule has 0 aliphatic rings. The van der Waals surface area contributed by atoms with Crippen molar-refractivity contribution in [3.05, 3.63) is 83.7 Å². The molecule has 0 saturated heterocycles. The minimum atomic E-state index is -0.388. The van der Waals surface area contributed by atoms with Gasteiger partial charge in [0, 0.05) is 30.0 Å². The lowest BCUT2D eigenvalue weighted by molar-refractivity contribution is 0.102. The SMILES string of the molecule is COc1cc2nc(SCC(=O)c3ccc(F)cc3)n3nc(CCn4c(C)nc5ccccc54)nc3c2cc1OC. The zero-order valence-corrected chi connectivity index (χ0v) is 22.9. The average Bonchev–Trinajstić information content (AvgIpc) is 3.54. The van der Waals surface area contributed by atoms with Gasteiger partial charge < -0.3 is 14.0 Å². The van der Waals surface area contributed by atoms with E-state index in [4.69, 9.17) is 24.5 Å². The lowest BCUT2D eigenvalue weighted by Crippen LogP contribution is -2.06. The van der Waals surface area contributed by atoms with Gasteiger partial charge in [-0.15, -0.1) is 5.10 Å². The molecule has 0 atom stereocenters. The summed E-state index contributed by atoms with van der Waals surface area (Å²) in [6, 6.07) is 17.2. The number of halogens is 1. The van der Waals surface area contributed by atoms with Crippen LogP contribution in [0.1, 0.15) is 22.0 Å². The Morgan fingerprint density at radius 2 is 1.70 bits per heavy atom. The quantitative estimate of drug-likeness (QED) is 0.134. The Bertz CT molecular complexity index is 1880. The number of aromatic nitrogens is 6. The van der Waals surface area contributed by atoms with Crippen molar-refractivity contribution in [1.29, 1.82) is 0 Å². The molecule has 0 N–H and O–H groups in total. The van der Waals surface area contributed by atoms with Gasteiger partial charge in [-0.1, -0.05) is 23.9 Å². The van der Waals surface area contributed by atoms with Gasteiger partial charge in [-0.05, 0) is 49.4 Å². The second-order valence-electron chi connectivity index (χ2n) is 9.15. The number of imidazole rings is 1. The third kappa shape index (κ3) is 4.73. The summed E-state index contributed by atoms with van der Waals surface area (Å²) in [4.78, 5) is 27.2. The molecule has 40 heavy (non-hydrogen) atoms. The van der Waals surface area contributed by atoms with Crippen molar-refractivity contribution in [1.82, 2.24) is 29.1 Å². The van der Waals surface area contributed by atoms with Crippen LogP contribution in [0.25, 0.3) is 27.6 Å². The highest BCUT2D eigenvalue weighted by atomic mass is 32.2. The van der Waals surface area contributed by atoms with Crippen LogP contribution in [0.5, 0.6) is 11.5 Å². The molecule has 0 radical (unpaired) electrons. The predicted octanol–water partition coefficient (Wildman–Crippen LogP) is 5.31. The van der Waals surface area contributed by atoms with E-state index < -0.39 is 0 Å². The number of methoxy groups -OCH3 is 2. The predicted molar refractivity (Wildman–Crippen MR) is 151 cm³/mol. The molecule has 11 heteroatoms. The fraction of sp³-hybridized carbons (Fsp3) is 0.207. The first-order valence-electron chi connectivity index (χ1n) is 12.6. The molecule has 0 fully saturated rings. The molecule has 0 bridgehead atoms. The molecule has 0 saturated carbocycles. The fourth-order valence-corrected chi connectivity index (χ4v) is 5.53. The number of thioether (sulfide) groups is 1. The minimum absolute atomic E-state index is 0.0991. The van der Waals surface area contributed by atoms with Crippen LogP contribution in [0, 0.1) is 12.7 Å². The van der Waals surface area contributed by atoms with Crippen LogP contribution in [0.4, 0.5) is 4.39 Å². The highest BCUT2D eigenvalue weighted by molar-refractivity contribution is 7.99. The normalized spacial score (nSPS) is 11.5. The number of fused-ring (bicyclic) bond motifs is 4. The maximum Gasteiger partial charge on any atom is 0.192 e. The molecule has 3 heterocycles. The van der Waals surface area contributed by atoms with Crippen molar-refractivity contribution in [2.75, 3.05) is 20.0 Å². The second kappa shape index (κ2) is 10.6. The zero-order valence-electron chi connectivity index (χ0n) is 22.1. The molecule has 0 amide bonds. The molecular formula is C29H25FN6O3S. The zero-order chi connectivity index (χ0) is 27.8. The van der Waals surface area contributed by atoms with Crippen LogP contribution in [0.15, 0.2) is 65.8 Å². The first kappa shape index (κ1) is 25.8. The largest absolute Gasteiger partial charge is 0.493 e. The number of nitrogens with zero attached hydrogens (tertiary/aromatic N) is 6. The Morgan fingerprint density at radius 1 is 0.950 bits per heavy atom. The van der Waals surface area contributed by atoms with E-state index in [1.807, 2.05) is 31.2 Å². The minimum Gasteiger partial charge on any atom is -0.493 e. The molecule has 9 nitrogen and oxygen atoms in total. The standard InChI is InChI=1S/C29H25FN6O3S/c1-17-31-21-6-4-5-7-23(21)35(17)13-12-27-33-28-20-14-25(38-2)26(39-3)15-22(20)32-29(36(28)34-27)40-16-24(37)18-8-10-19(30)11-9-18/h4-11,14-15H,12-13,16H2,1-3H3. The van der Waals surface area contributed by atoms with Gasteiger partial charge in [0.1, 0.15) is 11.6 Å². The van der Waals surface area contributed by atoms with E-state index in [9.17, 15) is 9.18 Å². The molecule has 6 aromatic rings. The number of benzene rings is 3. The summed E-state index contributed by atoms with van der Waals surface area (Å²) in [6.45, 7) is 2.64. The van der Waals surface area contributed by atoms with E-state index in [2.05, 4.69) is 15.6 Å². The van der Waals surface area contributed by atoms with Gasteiger partial charge in [0.15, 0.2) is 33.9 Å². The van der Waals surface area contributed by atoms with Crippen molar-refractivity contribution in [3.8, 4) is 11.5 Å². The fourth-order valence-electron chi connectivity index (χ4n) is 4.69. The molecule has 202 valence electrons. The van der Waals surface area contributed by atoms with Crippen molar-refractivity contribution in [2.24, 2.45) is 0 Å². The summed E-state index contributed by atoms with van der Waals surface area (Å²) in [5.74, 6) is 2.21. The number of ketones is 1. The number of rotatable bonds is 9. The second-order valence-corrected chi connectivity index (χ2v) is 10.1. The van der Waals surface area contributed by atoms with Crippen LogP contribution in [0.3, 0.4) is 0 Å². The molecule has 0 aliphatic heterocycles. The molecule has 0 unspecified atom stereocenters. The van der Waals surface area contributed by atoms with Gasteiger partial charge in [-0.25, -0.2) is 19.3 Å². The number of hydrogen-bond donors (Lipinski definition) is 0. The third-order valence-electron chi connectivity index (χ3n) is 6.69. The lowest BCUT2D eigenvalue weighted by atomic mass is 10.1. The maximum absolute atomic E-state index is 13.3. The van der Waals surface area contributed by atoms with Gasteiger partial charge in [-0.3, -0.25) is 4.79 Å². The number of hydrogen-bond acceptors (Lipinski definition) is 8. The first-order valence-corrected chi connectivity index (χ1v) is 13.6. The number of Topliss-reactive ketones (excluding diaryl/α,β-unsaturated/α-hetero) is 1. The van der Waals surface area contributed by atoms with Gasteiger partial charge in [0.05, 0.1) is 36.5 Å². The number of carbonyl (C=O) groups is 1. The maximum atomic E-state index is 13.3. The topological polar surface area (TPSA) is 96.4 Å². The van der Waals surface area contributed by atoms with Gasteiger partial charge in [-0.2, -0.15) is 4.52 Å². The number of aryl methyl sites for hydroxylation is 3. The molecule has 3 aromatic heterocycles. The Kier molecular flexibility index (Phi) is 6.81. The highest BCUT2D eigenvalue weighted by Crippen LogP contribution is 2.34.